The number of halogens is 1. The minimum atomic E-state index is -0.195. The van der Waals surface area contributed by atoms with E-state index >= 15 is 0 Å². The van der Waals surface area contributed by atoms with Crippen LogP contribution in [0.1, 0.15) is 38.4 Å². The molecular formula is C19H21ClN6OS. The molecule has 1 N–H and O–H groups in total. The third kappa shape index (κ3) is 3.98. The second-order valence-electron chi connectivity index (χ2n) is 6.83. The predicted octanol–water partition coefficient (Wildman–Crippen LogP) is 3.93. The molecule has 0 unspecified atom stereocenters. The van der Waals surface area contributed by atoms with E-state index in [1.807, 2.05) is 25.3 Å². The van der Waals surface area contributed by atoms with Gasteiger partial charge in [0.25, 0.3) is 5.56 Å². The maximum atomic E-state index is 13.1. The van der Waals surface area contributed by atoms with Crippen molar-refractivity contribution in [2.75, 3.05) is 11.1 Å². The Hall–Kier alpha value is -2.19. The van der Waals surface area contributed by atoms with Crippen LogP contribution in [0.25, 0.3) is 11.2 Å². The molecular weight excluding hydrogens is 396 g/mol. The first-order valence-electron chi connectivity index (χ1n) is 9.33. The summed E-state index contributed by atoms with van der Waals surface area (Å²) in [6.45, 7) is 4.57. The number of pyridine rings is 1. The highest BCUT2D eigenvalue weighted by molar-refractivity contribution is 7.99. The smallest absolute Gasteiger partial charge is 0.295 e. The number of thioether (sulfide) groups is 1. The van der Waals surface area contributed by atoms with Gasteiger partial charge in [0.15, 0.2) is 11.5 Å². The summed E-state index contributed by atoms with van der Waals surface area (Å²) in [6.07, 6.45) is 5.64. The molecule has 0 amide bonds. The SMILES string of the molecule is CCSc1ccc(CNc2nc3cnc(Cl)nc3n([C@H](C)C3CC3)c2=O)nc1. The number of hydrogen-bond acceptors (Lipinski definition) is 7. The molecule has 3 aromatic heterocycles. The van der Waals surface area contributed by atoms with Gasteiger partial charge in [-0.3, -0.25) is 14.3 Å². The molecule has 9 heteroatoms. The van der Waals surface area contributed by atoms with Gasteiger partial charge in [0.05, 0.1) is 18.4 Å². The Morgan fingerprint density at radius 3 is 2.79 bits per heavy atom. The molecule has 7 nitrogen and oxygen atoms in total. The second kappa shape index (κ2) is 8.05. The van der Waals surface area contributed by atoms with Crippen molar-refractivity contribution in [3.05, 3.63) is 45.9 Å². The number of nitrogens with zero attached hydrogens (tertiary/aromatic N) is 5. The molecule has 1 fully saturated rings. The zero-order valence-electron chi connectivity index (χ0n) is 15.7. The first-order valence-corrected chi connectivity index (χ1v) is 10.7. The molecule has 28 heavy (non-hydrogen) atoms. The summed E-state index contributed by atoms with van der Waals surface area (Å²) in [5, 5.41) is 3.25. The highest BCUT2D eigenvalue weighted by Crippen LogP contribution is 2.39. The van der Waals surface area contributed by atoms with E-state index in [-0.39, 0.29) is 22.7 Å². The van der Waals surface area contributed by atoms with Crippen LogP contribution in [-0.2, 0) is 6.54 Å². The van der Waals surface area contributed by atoms with E-state index in [2.05, 4.69) is 32.2 Å². The molecule has 3 aromatic rings. The molecule has 1 aliphatic rings. The van der Waals surface area contributed by atoms with Crippen molar-refractivity contribution in [2.24, 2.45) is 5.92 Å². The van der Waals surface area contributed by atoms with E-state index in [1.54, 1.807) is 22.5 Å². The molecule has 0 bridgehead atoms. The third-order valence-corrected chi connectivity index (χ3v) is 5.91. The maximum absolute atomic E-state index is 13.1. The monoisotopic (exact) mass is 416 g/mol. The van der Waals surface area contributed by atoms with Gasteiger partial charge < -0.3 is 5.32 Å². The number of aromatic nitrogens is 5. The van der Waals surface area contributed by atoms with Gasteiger partial charge in [-0.05, 0) is 55.2 Å². The molecule has 0 radical (unpaired) electrons. The lowest BCUT2D eigenvalue weighted by Crippen LogP contribution is -2.29. The summed E-state index contributed by atoms with van der Waals surface area (Å²) in [5.41, 5.74) is 1.67. The highest BCUT2D eigenvalue weighted by Gasteiger charge is 2.31. The molecule has 1 saturated carbocycles. The Labute approximate surface area is 172 Å². The fourth-order valence-electron chi connectivity index (χ4n) is 3.20. The summed E-state index contributed by atoms with van der Waals surface area (Å²) >= 11 is 7.71. The quantitative estimate of drug-likeness (QED) is 0.461. The van der Waals surface area contributed by atoms with Crippen molar-refractivity contribution in [3.8, 4) is 0 Å². The van der Waals surface area contributed by atoms with Gasteiger partial charge >= 0.3 is 0 Å². The fraction of sp³-hybridized carbons (Fsp3) is 0.421. The van der Waals surface area contributed by atoms with Gasteiger partial charge in [-0.1, -0.05) is 6.92 Å². The van der Waals surface area contributed by atoms with Crippen LogP contribution in [0.4, 0.5) is 5.82 Å². The number of nitrogens with one attached hydrogen (secondary N) is 1. The molecule has 0 spiro atoms. The zero-order valence-corrected chi connectivity index (χ0v) is 17.3. The molecule has 1 atom stereocenters. The average molecular weight is 417 g/mol. The van der Waals surface area contributed by atoms with Gasteiger partial charge in [0.2, 0.25) is 5.28 Å². The Bertz CT molecular complexity index is 1050. The van der Waals surface area contributed by atoms with Gasteiger partial charge in [-0.15, -0.1) is 11.8 Å². The van der Waals surface area contributed by atoms with Gasteiger partial charge in [0.1, 0.15) is 5.52 Å². The minimum absolute atomic E-state index is 0.0352. The Morgan fingerprint density at radius 1 is 1.29 bits per heavy atom. The van der Waals surface area contributed by atoms with E-state index in [9.17, 15) is 4.79 Å². The lowest BCUT2D eigenvalue weighted by molar-refractivity contribution is 0.482. The van der Waals surface area contributed by atoms with E-state index < -0.39 is 0 Å². The molecule has 0 saturated heterocycles. The number of hydrogen-bond donors (Lipinski definition) is 1. The van der Waals surface area contributed by atoms with Crippen molar-refractivity contribution < 1.29 is 0 Å². The molecule has 0 aromatic carbocycles. The van der Waals surface area contributed by atoms with E-state index in [0.717, 1.165) is 29.2 Å². The van der Waals surface area contributed by atoms with E-state index in [0.29, 0.717) is 23.6 Å². The van der Waals surface area contributed by atoms with Gasteiger partial charge in [0, 0.05) is 17.1 Å². The normalized spacial score (nSPS) is 15.0. The average Bonchev–Trinajstić information content (AvgIpc) is 3.53. The first-order chi connectivity index (χ1) is 13.6. The lowest BCUT2D eigenvalue weighted by atomic mass is 10.2. The van der Waals surface area contributed by atoms with Gasteiger partial charge in [-0.25, -0.2) is 9.97 Å². The van der Waals surface area contributed by atoms with Gasteiger partial charge in [-0.2, -0.15) is 4.98 Å². The van der Waals surface area contributed by atoms with Crippen molar-refractivity contribution in [1.29, 1.82) is 0 Å². The minimum Gasteiger partial charge on any atom is -0.360 e. The summed E-state index contributed by atoms with van der Waals surface area (Å²) < 4.78 is 1.70. The Morgan fingerprint density at radius 2 is 2.11 bits per heavy atom. The standard InChI is InChI=1S/C19H21ClN6OS/c1-3-28-14-7-6-13(21-9-14)8-22-16-18(27)26(11(2)12-4-5-12)17-15(24-16)10-23-19(20)25-17/h6-7,9-12H,3-5,8H2,1-2H3,(H,22,24)/t11-/m1/s1. The first kappa shape index (κ1) is 19.1. The second-order valence-corrected chi connectivity index (χ2v) is 8.51. The van der Waals surface area contributed by atoms with Crippen LogP contribution in [-0.4, -0.2) is 30.3 Å². The largest absolute Gasteiger partial charge is 0.360 e. The molecule has 146 valence electrons. The third-order valence-electron chi connectivity index (χ3n) is 4.86. The number of fused-ring (bicyclic) bond motifs is 1. The van der Waals surface area contributed by atoms with Crippen molar-refractivity contribution >= 4 is 40.3 Å². The molecule has 1 aliphatic carbocycles. The van der Waals surface area contributed by atoms with Crippen LogP contribution in [0, 0.1) is 5.92 Å². The van der Waals surface area contributed by atoms with Crippen LogP contribution < -0.4 is 10.9 Å². The Balaban J connectivity index is 1.66. The highest BCUT2D eigenvalue weighted by atomic mass is 35.5. The topological polar surface area (TPSA) is 85.6 Å². The maximum Gasteiger partial charge on any atom is 0.295 e. The van der Waals surface area contributed by atoms with E-state index in [1.165, 1.54) is 0 Å². The van der Waals surface area contributed by atoms with Crippen molar-refractivity contribution in [3.63, 3.8) is 0 Å². The lowest BCUT2D eigenvalue weighted by Gasteiger charge is -2.18. The van der Waals surface area contributed by atoms with E-state index in [4.69, 9.17) is 11.6 Å². The van der Waals surface area contributed by atoms with Crippen LogP contribution in [0.3, 0.4) is 0 Å². The number of rotatable bonds is 7. The summed E-state index contributed by atoms with van der Waals surface area (Å²) in [6, 6.07) is 4.03. The Kier molecular flexibility index (Phi) is 5.50. The van der Waals surface area contributed by atoms with Crippen LogP contribution >= 0.6 is 23.4 Å². The van der Waals surface area contributed by atoms with Crippen LogP contribution in [0.5, 0.6) is 0 Å². The summed E-state index contributed by atoms with van der Waals surface area (Å²) in [7, 11) is 0. The summed E-state index contributed by atoms with van der Waals surface area (Å²) in [5.74, 6) is 1.76. The predicted molar refractivity (Wildman–Crippen MR) is 112 cm³/mol. The number of anilines is 1. The van der Waals surface area contributed by atoms with Crippen LogP contribution in [0.2, 0.25) is 5.28 Å². The zero-order chi connectivity index (χ0) is 19.7. The fourth-order valence-corrected chi connectivity index (χ4v) is 3.96. The molecule has 4 rings (SSSR count). The summed E-state index contributed by atoms with van der Waals surface area (Å²) in [4.78, 5) is 31.4. The molecule has 3 heterocycles. The van der Waals surface area contributed by atoms with Crippen LogP contribution in [0.15, 0.2) is 34.2 Å². The molecule has 0 aliphatic heterocycles. The van der Waals surface area contributed by atoms with Crippen molar-refractivity contribution in [1.82, 2.24) is 24.5 Å². The van der Waals surface area contributed by atoms with Crippen molar-refractivity contribution in [2.45, 2.75) is 44.2 Å².